The van der Waals surface area contributed by atoms with Crippen LogP contribution < -0.4 is 5.32 Å². The minimum absolute atomic E-state index is 0.532. The molecule has 0 unspecified atom stereocenters. The molecule has 0 spiro atoms. The van der Waals surface area contributed by atoms with E-state index in [0.717, 1.165) is 10.6 Å². The number of nitrogens with one attached hydrogen (secondary N) is 1. The lowest BCUT2D eigenvalue weighted by Crippen LogP contribution is -2.51. The molecule has 2 N–H and O–H groups in total. The van der Waals surface area contributed by atoms with Crippen LogP contribution in [0, 0.1) is 11.3 Å². The fourth-order valence-electron chi connectivity index (χ4n) is 1.41. The minimum atomic E-state index is -0.894. The predicted octanol–water partition coefficient (Wildman–Crippen LogP) is 3.24. The van der Waals surface area contributed by atoms with Gasteiger partial charge in [0.2, 0.25) is 0 Å². The van der Waals surface area contributed by atoms with Gasteiger partial charge < -0.3 is 10.4 Å². The maximum atomic E-state index is 10.1. The molecule has 0 atom stereocenters. The summed E-state index contributed by atoms with van der Waals surface area (Å²) in [5.41, 5.74) is -0.0381. The Kier molecular flexibility index (Phi) is 4.31. The first-order valence-electron chi connectivity index (χ1n) is 5.80. The molecular formula is C14H20N2OS. The van der Waals surface area contributed by atoms with E-state index < -0.39 is 11.1 Å². The van der Waals surface area contributed by atoms with Crippen LogP contribution in [0.1, 0.15) is 33.3 Å². The number of hydrogen-bond donors (Lipinski definition) is 2. The second-order valence-electron chi connectivity index (χ2n) is 5.30. The lowest BCUT2D eigenvalue weighted by atomic mass is 9.85. The summed E-state index contributed by atoms with van der Waals surface area (Å²) in [6, 6.07) is 7.93. The van der Waals surface area contributed by atoms with Crippen molar-refractivity contribution in [1.29, 1.82) is 5.26 Å². The van der Waals surface area contributed by atoms with Crippen LogP contribution in [0.2, 0.25) is 0 Å². The van der Waals surface area contributed by atoms with Crippen molar-refractivity contribution in [2.75, 3.05) is 11.6 Å². The molecule has 4 heteroatoms. The zero-order chi connectivity index (χ0) is 14.0. The number of hydrogen-bond acceptors (Lipinski definition) is 4. The van der Waals surface area contributed by atoms with Crippen LogP contribution in [-0.4, -0.2) is 22.5 Å². The highest BCUT2D eigenvalue weighted by molar-refractivity contribution is 7.98. The molecule has 98 valence electrons. The molecule has 3 nitrogen and oxygen atoms in total. The highest BCUT2D eigenvalue weighted by atomic mass is 32.2. The van der Waals surface area contributed by atoms with Gasteiger partial charge in [0, 0.05) is 4.90 Å². The van der Waals surface area contributed by atoms with Gasteiger partial charge in [0.15, 0.2) is 0 Å². The molecule has 1 aromatic carbocycles. The monoisotopic (exact) mass is 264 g/mol. The summed E-state index contributed by atoms with van der Waals surface area (Å²) in [5.74, 6) is 0. The molecule has 0 aliphatic rings. The second-order valence-corrected chi connectivity index (χ2v) is 6.15. The summed E-state index contributed by atoms with van der Waals surface area (Å²) < 4.78 is 0. The molecule has 0 saturated heterocycles. The minimum Gasteiger partial charge on any atom is -0.388 e. The third-order valence-corrected chi connectivity index (χ3v) is 4.11. The molecule has 0 aliphatic carbocycles. The van der Waals surface area contributed by atoms with Gasteiger partial charge in [-0.25, -0.2) is 0 Å². The zero-order valence-corrected chi connectivity index (χ0v) is 12.4. The molecule has 0 aromatic heterocycles. The van der Waals surface area contributed by atoms with Crippen LogP contribution in [0.3, 0.4) is 0 Å². The first-order valence-corrected chi connectivity index (χ1v) is 7.03. The fourth-order valence-corrected chi connectivity index (χ4v) is 1.98. The summed E-state index contributed by atoms with van der Waals surface area (Å²) in [4.78, 5) is 0.939. The maximum Gasteiger partial charge on any atom is 0.102 e. The van der Waals surface area contributed by atoms with Crippen molar-refractivity contribution in [1.82, 2.24) is 0 Å². The lowest BCUT2D eigenvalue weighted by Gasteiger charge is -2.39. The molecule has 1 aromatic rings. The van der Waals surface area contributed by atoms with E-state index in [0.29, 0.717) is 5.56 Å². The predicted molar refractivity (Wildman–Crippen MR) is 76.9 cm³/mol. The average molecular weight is 264 g/mol. The van der Waals surface area contributed by atoms with E-state index in [4.69, 9.17) is 0 Å². The summed E-state index contributed by atoms with van der Waals surface area (Å²) >= 11 is 1.54. The third kappa shape index (κ3) is 2.98. The van der Waals surface area contributed by atoms with Crippen LogP contribution in [0.4, 0.5) is 5.69 Å². The molecule has 0 aliphatic heterocycles. The number of thioether (sulfide) groups is 1. The normalized spacial score (nSPS) is 12.1. The van der Waals surface area contributed by atoms with Crippen LogP contribution >= 0.6 is 11.8 Å². The van der Waals surface area contributed by atoms with Crippen molar-refractivity contribution in [3.05, 3.63) is 23.8 Å². The molecule has 1 rings (SSSR count). The van der Waals surface area contributed by atoms with Crippen LogP contribution in [0.5, 0.6) is 0 Å². The van der Waals surface area contributed by atoms with Gasteiger partial charge in [0.05, 0.1) is 22.4 Å². The first-order chi connectivity index (χ1) is 8.23. The first kappa shape index (κ1) is 14.9. The SMILES string of the molecule is CSc1cccc(NC(C)(C)C(C)(C)O)c1C#N. The Morgan fingerprint density at radius 2 is 1.89 bits per heavy atom. The number of nitrogens with zero attached hydrogens (tertiary/aromatic N) is 1. The Hall–Kier alpha value is -1.18. The van der Waals surface area contributed by atoms with E-state index in [9.17, 15) is 10.4 Å². The van der Waals surface area contributed by atoms with Gasteiger partial charge in [-0.2, -0.15) is 5.26 Å². The van der Waals surface area contributed by atoms with Crippen molar-refractivity contribution >= 4 is 17.4 Å². The number of rotatable bonds is 4. The van der Waals surface area contributed by atoms with Crippen LogP contribution in [0.15, 0.2) is 23.1 Å². The van der Waals surface area contributed by atoms with Crippen LogP contribution in [-0.2, 0) is 0 Å². The van der Waals surface area contributed by atoms with Gasteiger partial charge in [-0.05, 0) is 46.1 Å². The van der Waals surface area contributed by atoms with E-state index in [2.05, 4.69) is 11.4 Å². The molecule has 18 heavy (non-hydrogen) atoms. The van der Waals surface area contributed by atoms with Crippen LogP contribution in [0.25, 0.3) is 0 Å². The van der Waals surface area contributed by atoms with Gasteiger partial charge in [0.1, 0.15) is 6.07 Å². The maximum absolute atomic E-state index is 10.1. The van der Waals surface area contributed by atoms with Gasteiger partial charge >= 0.3 is 0 Å². The van der Waals surface area contributed by atoms with Gasteiger partial charge in [-0.1, -0.05) is 6.07 Å². The van der Waals surface area contributed by atoms with Crippen molar-refractivity contribution in [3.8, 4) is 6.07 Å². The zero-order valence-electron chi connectivity index (χ0n) is 11.5. The Bertz CT molecular complexity index is 470. The molecule has 0 saturated carbocycles. The summed E-state index contributed by atoms with van der Waals surface area (Å²) in [7, 11) is 0. The largest absolute Gasteiger partial charge is 0.388 e. The second kappa shape index (κ2) is 5.21. The average Bonchev–Trinajstić information content (AvgIpc) is 2.26. The van der Waals surface area contributed by atoms with E-state index in [1.807, 2.05) is 38.3 Å². The van der Waals surface area contributed by atoms with Crippen molar-refractivity contribution in [3.63, 3.8) is 0 Å². The summed E-state index contributed by atoms with van der Waals surface area (Å²) in [6.45, 7) is 7.34. The quantitative estimate of drug-likeness (QED) is 0.820. The number of aliphatic hydroxyl groups is 1. The van der Waals surface area contributed by atoms with Gasteiger partial charge in [-0.15, -0.1) is 11.8 Å². The molecule has 0 bridgehead atoms. The van der Waals surface area contributed by atoms with E-state index in [-0.39, 0.29) is 0 Å². The lowest BCUT2D eigenvalue weighted by molar-refractivity contribution is 0.0240. The Morgan fingerprint density at radius 1 is 1.28 bits per heavy atom. The summed E-state index contributed by atoms with van der Waals surface area (Å²) in [5, 5.41) is 22.7. The third-order valence-electron chi connectivity index (χ3n) is 3.33. The van der Waals surface area contributed by atoms with E-state index >= 15 is 0 Å². The molecule has 0 fully saturated rings. The fraction of sp³-hybridized carbons (Fsp3) is 0.500. The smallest absolute Gasteiger partial charge is 0.102 e. The number of anilines is 1. The standard InChI is InChI=1S/C14H20N2OS/c1-13(2,14(3,4)17)16-11-7-6-8-12(18-5)10(11)9-15/h6-8,16-17H,1-5H3. The highest BCUT2D eigenvalue weighted by Crippen LogP contribution is 2.31. The topological polar surface area (TPSA) is 56.0 Å². The molecule has 0 radical (unpaired) electrons. The van der Waals surface area contributed by atoms with Gasteiger partial charge in [-0.3, -0.25) is 0 Å². The van der Waals surface area contributed by atoms with E-state index in [1.165, 1.54) is 0 Å². The number of benzene rings is 1. The Morgan fingerprint density at radius 3 is 2.33 bits per heavy atom. The van der Waals surface area contributed by atoms with E-state index in [1.54, 1.807) is 25.6 Å². The summed E-state index contributed by atoms with van der Waals surface area (Å²) in [6.07, 6.45) is 1.95. The van der Waals surface area contributed by atoms with Crippen molar-refractivity contribution in [2.45, 2.75) is 43.7 Å². The number of nitriles is 1. The highest BCUT2D eigenvalue weighted by Gasteiger charge is 2.35. The molecule has 0 heterocycles. The molecule has 0 amide bonds. The Labute approximate surface area is 113 Å². The van der Waals surface area contributed by atoms with Crippen molar-refractivity contribution < 1.29 is 5.11 Å². The molecular weight excluding hydrogens is 244 g/mol. The Balaban J connectivity index is 3.17. The van der Waals surface area contributed by atoms with Gasteiger partial charge in [0.25, 0.3) is 0 Å². The van der Waals surface area contributed by atoms with Crippen molar-refractivity contribution in [2.24, 2.45) is 0 Å².